The summed E-state index contributed by atoms with van der Waals surface area (Å²) in [5.74, 6) is -0.836. The summed E-state index contributed by atoms with van der Waals surface area (Å²) in [4.78, 5) is 15.7. The van der Waals surface area contributed by atoms with Crippen molar-refractivity contribution in [2.45, 2.75) is 12.5 Å². The van der Waals surface area contributed by atoms with Gasteiger partial charge in [0, 0.05) is 25.3 Å². The van der Waals surface area contributed by atoms with Crippen molar-refractivity contribution in [1.82, 2.24) is 10.3 Å². The topological polar surface area (TPSA) is 51.2 Å². The standard InChI is InChI=1S/C17H17FN2O2/c18-15-11-19-8-6-14(15)17(21)20-10-13-7-9-22-16(13)12-4-2-1-3-5-12/h1-6,8,11,13,16H,7,9-10H2,(H,20,21)/t13-,16-/m1/s1. The van der Waals surface area contributed by atoms with E-state index in [2.05, 4.69) is 10.3 Å². The van der Waals surface area contributed by atoms with Gasteiger partial charge in [-0.2, -0.15) is 0 Å². The van der Waals surface area contributed by atoms with Crippen molar-refractivity contribution in [2.24, 2.45) is 5.92 Å². The first-order chi connectivity index (χ1) is 10.8. The summed E-state index contributed by atoms with van der Waals surface area (Å²) in [6, 6.07) is 11.3. The molecule has 0 unspecified atom stereocenters. The molecule has 5 heteroatoms. The molecule has 1 N–H and O–H groups in total. The molecule has 1 fully saturated rings. The van der Waals surface area contributed by atoms with Gasteiger partial charge < -0.3 is 10.1 Å². The minimum absolute atomic E-state index is 0.0187. The maximum Gasteiger partial charge on any atom is 0.254 e. The van der Waals surface area contributed by atoms with E-state index in [0.717, 1.165) is 18.2 Å². The molecule has 4 nitrogen and oxygen atoms in total. The number of halogens is 1. The number of amides is 1. The highest BCUT2D eigenvalue weighted by Gasteiger charge is 2.30. The first kappa shape index (κ1) is 14.7. The predicted octanol–water partition coefficient (Wildman–Crippen LogP) is 2.73. The lowest BCUT2D eigenvalue weighted by molar-refractivity contribution is 0.0844. The first-order valence-electron chi connectivity index (χ1n) is 7.30. The Bertz CT molecular complexity index is 648. The molecule has 2 heterocycles. The fourth-order valence-electron chi connectivity index (χ4n) is 2.73. The second kappa shape index (κ2) is 6.66. The first-order valence-corrected chi connectivity index (χ1v) is 7.30. The van der Waals surface area contributed by atoms with Gasteiger partial charge in [0.2, 0.25) is 0 Å². The van der Waals surface area contributed by atoms with Gasteiger partial charge in [0.15, 0.2) is 5.82 Å². The van der Waals surface area contributed by atoms with Crippen molar-refractivity contribution < 1.29 is 13.9 Å². The van der Waals surface area contributed by atoms with Crippen LogP contribution in [0.15, 0.2) is 48.8 Å². The lowest BCUT2D eigenvalue weighted by atomic mass is 9.95. The zero-order valence-corrected chi connectivity index (χ0v) is 12.0. The molecule has 0 bridgehead atoms. The van der Waals surface area contributed by atoms with Crippen molar-refractivity contribution >= 4 is 5.91 Å². The van der Waals surface area contributed by atoms with Crippen LogP contribution in [0.5, 0.6) is 0 Å². The van der Waals surface area contributed by atoms with Crippen LogP contribution in [0.25, 0.3) is 0 Å². The molecule has 1 aromatic carbocycles. The lowest BCUT2D eigenvalue weighted by Crippen LogP contribution is -2.31. The number of aromatic nitrogens is 1. The van der Waals surface area contributed by atoms with E-state index in [9.17, 15) is 9.18 Å². The number of hydrogen-bond donors (Lipinski definition) is 1. The normalized spacial score (nSPS) is 20.8. The summed E-state index contributed by atoms with van der Waals surface area (Å²) in [6.45, 7) is 1.13. The summed E-state index contributed by atoms with van der Waals surface area (Å²) in [6.07, 6.45) is 3.30. The van der Waals surface area contributed by atoms with Crippen LogP contribution < -0.4 is 5.32 Å². The van der Waals surface area contributed by atoms with Crippen molar-refractivity contribution in [3.63, 3.8) is 0 Å². The van der Waals surface area contributed by atoms with Gasteiger partial charge in [-0.05, 0) is 18.1 Å². The van der Waals surface area contributed by atoms with Crippen LogP contribution in [0.4, 0.5) is 4.39 Å². The number of benzene rings is 1. The van der Waals surface area contributed by atoms with Gasteiger partial charge in [-0.1, -0.05) is 30.3 Å². The predicted molar refractivity (Wildman–Crippen MR) is 79.8 cm³/mol. The number of nitrogens with zero attached hydrogens (tertiary/aromatic N) is 1. The molecule has 3 rings (SSSR count). The van der Waals surface area contributed by atoms with Crippen LogP contribution in [-0.4, -0.2) is 24.0 Å². The molecule has 2 atom stereocenters. The molecular formula is C17H17FN2O2. The van der Waals surface area contributed by atoms with Gasteiger partial charge in [0.1, 0.15) is 0 Å². The second-order valence-electron chi connectivity index (χ2n) is 5.32. The minimum atomic E-state index is -0.609. The number of nitrogens with one attached hydrogen (secondary N) is 1. The zero-order chi connectivity index (χ0) is 15.4. The van der Waals surface area contributed by atoms with Crippen LogP contribution >= 0.6 is 0 Å². The number of pyridine rings is 1. The summed E-state index contributed by atoms with van der Waals surface area (Å²) < 4.78 is 19.3. The summed E-state index contributed by atoms with van der Waals surface area (Å²) in [5.41, 5.74) is 1.12. The smallest absolute Gasteiger partial charge is 0.254 e. The Balaban J connectivity index is 1.64. The highest BCUT2D eigenvalue weighted by atomic mass is 19.1. The molecule has 1 saturated heterocycles. The Morgan fingerprint density at radius 1 is 1.32 bits per heavy atom. The number of carbonyl (C=O) groups excluding carboxylic acids is 1. The quantitative estimate of drug-likeness (QED) is 0.944. The average Bonchev–Trinajstić information content (AvgIpc) is 3.02. The minimum Gasteiger partial charge on any atom is -0.373 e. The fourth-order valence-corrected chi connectivity index (χ4v) is 2.73. The van der Waals surface area contributed by atoms with E-state index in [0.29, 0.717) is 13.2 Å². The molecule has 0 radical (unpaired) electrons. The second-order valence-corrected chi connectivity index (χ2v) is 5.32. The van der Waals surface area contributed by atoms with E-state index in [1.165, 1.54) is 12.3 Å². The third-order valence-electron chi connectivity index (χ3n) is 3.88. The molecule has 0 aliphatic carbocycles. The third-order valence-corrected chi connectivity index (χ3v) is 3.88. The maximum absolute atomic E-state index is 13.5. The van der Waals surface area contributed by atoms with Gasteiger partial charge >= 0.3 is 0 Å². The molecule has 0 saturated carbocycles. The number of hydrogen-bond acceptors (Lipinski definition) is 3. The average molecular weight is 300 g/mol. The van der Waals surface area contributed by atoms with Crippen LogP contribution in [0.3, 0.4) is 0 Å². The highest BCUT2D eigenvalue weighted by Crippen LogP contribution is 2.33. The van der Waals surface area contributed by atoms with Crippen LogP contribution in [0.1, 0.15) is 28.4 Å². The monoisotopic (exact) mass is 300 g/mol. The van der Waals surface area contributed by atoms with Crippen molar-refractivity contribution in [1.29, 1.82) is 0 Å². The van der Waals surface area contributed by atoms with Crippen molar-refractivity contribution in [3.8, 4) is 0 Å². The van der Waals surface area contributed by atoms with E-state index in [1.807, 2.05) is 30.3 Å². The molecule has 1 aromatic heterocycles. The Morgan fingerprint density at radius 2 is 2.14 bits per heavy atom. The highest BCUT2D eigenvalue weighted by molar-refractivity contribution is 5.94. The third kappa shape index (κ3) is 3.14. The Morgan fingerprint density at radius 3 is 2.91 bits per heavy atom. The van der Waals surface area contributed by atoms with Gasteiger partial charge in [-0.3, -0.25) is 9.78 Å². The summed E-state index contributed by atoms with van der Waals surface area (Å²) >= 11 is 0. The van der Waals surface area contributed by atoms with E-state index >= 15 is 0 Å². The lowest BCUT2D eigenvalue weighted by Gasteiger charge is -2.19. The molecule has 1 amide bonds. The molecule has 0 spiro atoms. The van der Waals surface area contributed by atoms with Crippen molar-refractivity contribution in [2.75, 3.05) is 13.2 Å². The van der Waals surface area contributed by atoms with E-state index in [4.69, 9.17) is 4.74 Å². The number of carbonyl (C=O) groups is 1. The fraction of sp³-hybridized carbons (Fsp3) is 0.294. The molecule has 2 aromatic rings. The van der Waals surface area contributed by atoms with E-state index in [1.54, 1.807) is 0 Å². The van der Waals surface area contributed by atoms with Crippen molar-refractivity contribution in [3.05, 3.63) is 65.7 Å². The van der Waals surface area contributed by atoms with Crippen LogP contribution in [0, 0.1) is 11.7 Å². The summed E-state index contributed by atoms with van der Waals surface area (Å²) in [7, 11) is 0. The molecule has 1 aliphatic heterocycles. The van der Waals surface area contributed by atoms with Gasteiger partial charge in [-0.15, -0.1) is 0 Å². The molecule has 114 valence electrons. The van der Waals surface area contributed by atoms with Crippen LogP contribution in [0.2, 0.25) is 0 Å². The molecule has 22 heavy (non-hydrogen) atoms. The molecule has 1 aliphatic rings. The molecular weight excluding hydrogens is 283 g/mol. The maximum atomic E-state index is 13.5. The van der Waals surface area contributed by atoms with Gasteiger partial charge in [0.25, 0.3) is 5.91 Å². The Labute approximate surface area is 128 Å². The Hall–Kier alpha value is -2.27. The number of rotatable bonds is 4. The Kier molecular flexibility index (Phi) is 4.44. The van der Waals surface area contributed by atoms with Crippen LogP contribution in [-0.2, 0) is 4.74 Å². The number of ether oxygens (including phenoxy) is 1. The van der Waals surface area contributed by atoms with E-state index in [-0.39, 0.29) is 17.6 Å². The van der Waals surface area contributed by atoms with Gasteiger partial charge in [-0.25, -0.2) is 4.39 Å². The largest absolute Gasteiger partial charge is 0.373 e. The summed E-state index contributed by atoms with van der Waals surface area (Å²) in [5, 5.41) is 2.79. The van der Waals surface area contributed by atoms with E-state index < -0.39 is 11.7 Å². The zero-order valence-electron chi connectivity index (χ0n) is 12.0. The van der Waals surface area contributed by atoms with Gasteiger partial charge in [0.05, 0.1) is 17.9 Å². The SMILES string of the molecule is O=C(NC[C@H]1CCO[C@@H]1c1ccccc1)c1ccncc1F.